The van der Waals surface area contributed by atoms with Gasteiger partial charge in [0.25, 0.3) is 0 Å². The van der Waals surface area contributed by atoms with Crippen molar-refractivity contribution in [2.75, 3.05) is 38.5 Å². The predicted octanol–water partition coefficient (Wildman–Crippen LogP) is 3.31. The fourth-order valence-electron chi connectivity index (χ4n) is 2.35. The Morgan fingerprint density at radius 3 is 2.64 bits per heavy atom. The molecule has 1 amide bonds. The summed E-state index contributed by atoms with van der Waals surface area (Å²) in [7, 11) is 0. The summed E-state index contributed by atoms with van der Waals surface area (Å²) in [6.45, 7) is 14.2. The fraction of sp³-hybridized carbons (Fsp3) is 0.882. The van der Waals surface area contributed by atoms with E-state index in [1.807, 2.05) is 20.8 Å². The Bertz CT molecular complexity index is 416. The van der Waals surface area contributed by atoms with Crippen molar-refractivity contribution in [1.29, 1.82) is 0 Å². The quantitative estimate of drug-likeness (QED) is 0.261. The number of carbonyl (C=O) groups is 1. The molecule has 1 fully saturated rings. The SMILES string of the molecule is CCNC(=NCCCNC(=O)OC(C)(C)C)N1CCSC(CC)C1.I. The Balaban J connectivity index is 0.00000576. The number of hydrogen-bond acceptors (Lipinski definition) is 4. The van der Waals surface area contributed by atoms with Gasteiger partial charge in [-0.2, -0.15) is 11.8 Å². The average molecular weight is 486 g/mol. The first kappa shape index (κ1) is 24.6. The minimum atomic E-state index is -0.456. The van der Waals surface area contributed by atoms with E-state index < -0.39 is 5.60 Å². The molecule has 0 aromatic carbocycles. The van der Waals surface area contributed by atoms with Gasteiger partial charge in [-0.25, -0.2) is 4.79 Å². The van der Waals surface area contributed by atoms with Crippen LogP contribution >= 0.6 is 35.7 Å². The summed E-state index contributed by atoms with van der Waals surface area (Å²) in [5.74, 6) is 2.15. The lowest BCUT2D eigenvalue weighted by Crippen LogP contribution is -2.48. The molecule has 148 valence electrons. The number of halogens is 1. The first-order valence-electron chi connectivity index (χ1n) is 8.97. The lowest BCUT2D eigenvalue weighted by Gasteiger charge is -2.34. The maximum Gasteiger partial charge on any atom is 0.407 e. The first-order valence-corrected chi connectivity index (χ1v) is 10.0. The average Bonchev–Trinajstić information content (AvgIpc) is 2.52. The van der Waals surface area contributed by atoms with Gasteiger partial charge in [-0.15, -0.1) is 24.0 Å². The normalized spacial score (nSPS) is 18.4. The summed E-state index contributed by atoms with van der Waals surface area (Å²) in [6.07, 6.45) is 1.63. The molecule has 1 aliphatic rings. The zero-order valence-electron chi connectivity index (χ0n) is 16.3. The van der Waals surface area contributed by atoms with E-state index in [4.69, 9.17) is 9.73 Å². The van der Waals surface area contributed by atoms with E-state index in [1.54, 1.807) is 0 Å². The van der Waals surface area contributed by atoms with Gasteiger partial charge in [-0.3, -0.25) is 4.99 Å². The Kier molecular flexibility index (Phi) is 12.7. The van der Waals surface area contributed by atoms with Crippen molar-refractivity contribution in [3.8, 4) is 0 Å². The third-order valence-corrected chi connectivity index (χ3v) is 4.87. The van der Waals surface area contributed by atoms with Gasteiger partial charge in [0, 0.05) is 43.7 Å². The van der Waals surface area contributed by atoms with Gasteiger partial charge in [0.05, 0.1) is 0 Å². The molecule has 0 aliphatic carbocycles. The van der Waals surface area contributed by atoms with Crippen molar-refractivity contribution >= 4 is 47.8 Å². The van der Waals surface area contributed by atoms with Gasteiger partial charge in [0.15, 0.2) is 5.96 Å². The van der Waals surface area contributed by atoms with Gasteiger partial charge >= 0.3 is 6.09 Å². The molecular weight excluding hydrogens is 451 g/mol. The molecule has 8 heteroatoms. The second-order valence-electron chi connectivity index (χ2n) is 6.86. The van der Waals surface area contributed by atoms with Crippen molar-refractivity contribution in [3.05, 3.63) is 0 Å². The van der Waals surface area contributed by atoms with Crippen LogP contribution in [0.25, 0.3) is 0 Å². The lowest BCUT2D eigenvalue weighted by molar-refractivity contribution is 0.0527. The van der Waals surface area contributed by atoms with Gasteiger partial charge in [0.2, 0.25) is 0 Å². The Hall–Kier alpha value is -0.380. The standard InChI is InChI=1S/C17H34N4O2S.HI/c1-6-14-13-21(11-12-24-14)15(18-7-2)19-9-8-10-20-16(22)23-17(3,4)5;/h14H,6-13H2,1-5H3,(H,18,19)(H,20,22);1H. The van der Waals surface area contributed by atoms with Gasteiger partial charge in [-0.1, -0.05) is 6.92 Å². The van der Waals surface area contributed by atoms with E-state index in [0.29, 0.717) is 18.3 Å². The van der Waals surface area contributed by atoms with E-state index in [0.717, 1.165) is 37.8 Å². The monoisotopic (exact) mass is 486 g/mol. The third-order valence-electron chi connectivity index (χ3n) is 3.49. The lowest BCUT2D eigenvalue weighted by atomic mass is 10.2. The summed E-state index contributed by atoms with van der Waals surface area (Å²) < 4.78 is 5.21. The van der Waals surface area contributed by atoms with Crippen molar-refractivity contribution in [3.63, 3.8) is 0 Å². The number of carbonyl (C=O) groups excluding carboxylic acids is 1. The number of rotatable bonds is 6. The molecule has 1 heterocycles. The smallest absolute Gasteiger partial charge is 0.407 e. The van der Waals surface area contributed by atoms with Crippen molar-refractivity contribution in [2.24, 2.45) is 4.99 Å². The van der Waals surface area contributed by atoms with Crippen molar-refractivity contribution in [2.45, 2.75) is 58.3 Å². The van der Waals surface area contributed by atoms with E-state index in [2.05, 4.69) is 41.1 Å². The maximum atomic E-state index is 11.6. The van der Waals surface area contributed by atoms with Crippen LogP contribution in [0.5, 0.6) is 0 Å². The second kappa shape index (κ2) is 12.9. The van der Waals surface area contributed by atoms with Gasteiger partial charge < -0.3 is 20.3 Å². The molecule has 2 N–H and O–H groups in total. The van der Waals surface area contributed by atoms with E-state index in [1.165, 1.54) is 6.42 Å². The zero-order valence-corrected chi connectivity index (χ0v) is 19.4. The highest BCUT2D eigenvalue weighted by atomic mass is 127. The molecule has 1 aliphatic heterocycles. The molecule has 0 aromatic rings. The van der Waals surface area contributed by atoms with Crippen LogP contribution in [-0.4, -0.2) is 66.3 Å². The molecule has 0 spiro atoms. The van der Waals surface area contributed by atoms with Crippen LogP contribution in [-0.2, 0) is 4.74 Å². The number of guanidine groups is 1. The number of thioether (sulfide) groups is 1. The molecule has 1 rings (SSSR count). The third kappa shape index (κ3) is 11.0. The molecule has 0 aromatic heterocycles. The summed E-state index contributed by atoms with van der Waals surface area (Å²) in [5, 5.41) is 6.85. The molecule has 6 nitrogen and oxygen atoms in total. The molecule has 0 saturated carbocycles. The van der Waals surface area contributed by atoms with Crippen LogP contribution in [0, 0.1) is 0 Å². The number of alkyl carbamates (subject to hydrolysis) is 1. The highest BCUT2D eigenvalue weighted by Crippen LogP contribution is 2.21. The van der Waals surface area contributed by atoms with Crippen LogP contribution < -0.4 is 10.6 Å². The Morgan fingerprint density at radius 1 is 1.32 bits per heavy atom. The zero-order chi connectivity index (χ0) is 18.0. The minimum absolute atomic E-state index is 0. The van der Waals surface area contributed by atoms with Crippen LogP contribution in [0.3, 0.4) is 0 Å². The predicted molar refractivity (Wildman–Crippen MR) is 118 cm³/mol. The molecule has 1 unspecified atom stereocenters. The number of aliphatic imine (C=N–C) groups is 1. The van der Waals surface area contributed by atoms with Gasteiger partial charge in [-0.05, 0) is 40.5 Å². The summed E-state index contributed by atoms with van der Waals surface area (Å²) in [6, 6.07) is 0. The fourth-order valence-corrected chi connectivity index (χ4v) is 3.53. The molecular formula is C17H35IN4O2S. The van der Waals surface area contributed by atoms with Crippen LogP contribution in [0.4, 0.5) is 4.79 Å². The van der Waals surface area contributed by atoms with Crippen LogP contribution in [0.1, 0.15) is 47.5 Å². The topological polar surface area (TPSA) is 66.0 Å². The molecule has 25 heavy (non-hydrogen) atoms. The number of nitrogens with zero attached hydrogens (tertiary/aromatic N) is 2. The summed E-state index contributed by atoms with van der Waals surface area (Å²) in [5.41, 5.74) is -0.456. The maximum absolute atomic E-state index is 11.6. The number of ether oxygens (including phenoxy) is 1. The highest BCUT2D eigenvalue weighted by molar-refractivity contribution is 14.0. The van der Waals surface area contributed by atoms with Crippen LogP contribution in [0.2, 0.25) is 0 Å². The Labute approximate surface area is 174 Å². The summed E-state index contributed by atoms with van der Waals surface area (Å²) >= 11 is 2.06. The van der Waals surface area contributed by atoms with Crippen molar-refractivity contribution in [1.82, 2.24) is 15.5 Å². The molecule has 0 radical (unpaired) electrons. The largest absolute Gasteiger partial charge is 0.444 e. The van der Waals surface area contributed by atoms with Crippen molar-refractivity contribution < 1.29 is 9.53 Å². The van der Waals surface area contributed by atoms with Crippen LogP contribution in [0.15, 0.2) is 4.99 Å². The number of hydrogen-bond donors (Lipinski definition) is 2. The molecule has 1 saturated heterocycles. The molecule has 0 bridgehead atoms. The van der Waals surface area contributed by atoms with E-state index in [9.17, 15) is 4.79 Å². The highest BCUT2D eigenvalue weighted by Gasteiger charge is 2.21. The second-order valence-corrected chi connectivity index (χ2v) is 8.27. The number of amides is 1. The van der Waals surface area contributed by atoms with Gasteiger partial charge in [0.1, 0.15) is 5.60 Å². The number of nitrogens with one attached hydrogen (secondary N) is 2. The van der Waals surface area contributed by atoms with E-state index in [-0.39, 0.29) is 30.1 Å². The Morgan fingerprint density at radius 2 is 2.04 bits per heavy atom. The summed E-state index contributed by atoms with van der Waals surface area (Å²) in [4.78, 5) is 18.6. The first-order chi connectivity index (χ1) is 11.4. The van der Waals surface area contributed by atoms with E-state index >= 15 is 0 Å². The minimum Gasteiger partial charge on any atom is -0.444 e. The molecule has 1 atom stereocenters.